The van der Waals surface area contributed by atoms with E-state index in [1.165, 1.54) is 0 Å². The molecule has 7 heteroatoms. The van der Waals surface area contributed by atoms with Gasteiger partial charge in [-0.05, 0) is 19.9 Å². The van der Waals surface area contributed by atoms with Crippen LogP contribution in [0, 0.1) is 5.92 Å². The Kier molecular flexibility index (Phi) is 3.22. The first-order valence-electron chi connectivity index (χ1n) is 5.20. The summed E-state index contributed by atoms with van der Waals surface area (Å²) in [6, 6.07) is 0.0129. The molecule has 0 aromatic carbocycles. The van der Waals surface area contributed by atoms with E-state index in [9.17, 15) is 18.0 Å². The van der Waals surface area contributed by atoms with E-state index >= 15 is 0 Å². The number of nitrogens with one attached hydrogen (secondary N) is 1. The van der Waals surface area contributed by atoms with Gasteiger partial charge in [-0.1, -0.05) is 0 Å². The fourth-order valence-electron chi connectivity index (χ4n) is 1.92. The van der Waals surface area contributed by atoms with Crippen LogP contribution in [0.4, 0.5) is 13.2 Å². The third kappa shape index (κ3) is 2.50. The Hall–Kier alpha value is -0.950. The van der Waals surface area contributed by atoms with E-state index in [0.717, 1.165) is 12.7 Å². The third-order valence-corrected chi connectivity index (χ3v) is 3.91. The van der Waals surface area contributed by atoms with Crippen LogP contribution in [0.2, 0.25) is 0 Å². The van der Waals surface area contributed by atoms with Gasteiger partial charge < -0.3 is 5.32 Å². The monoisotopic (exact) mass is 264 g/mol. The Morgan fingerprint density at radius 3 is 2.76 bits per heavy atom. The Morgan fingerprint density at radius 2 is 2.29 bits per heavy atom. The summed E-state index contributed by atoms with van der Waals surface area (Å²) in [5.41, 5.74) is 0. The summed E-state index contributed by atoms with van der Waals surface area (Å²) >= 11 is 0.423. The number of thiazole rings is 1. The summed E-state index contributed by atoms with van der Waals surface area (Å²) < 4.78 is 37.0. The predicted molar refractivity (Wildman–Crippen MR) is 57.0 cm³/mol. The normalized spacial score (nSPS) is 25.2. The summed E-state index contributed by atoms with van der Waals surface area (Å²) in [5, 5.41) is 2.14. The second kappa shape index (κ2) is 4.38. The highest BCUT2D eigenvalue weighted by Gasteiger charge is 2.37. The lowest BCUT2D eigenvalue weighted by atomic mass is 9.96. The Balaban J connectivity index is 2.18. The molecule has 0 bridgehead atoms. The molecule has 1 aliphatic rings. The topological polar surface area (TPSA) is 42.0 Å². The fraction of sp³-hybridized carbons (Fsp3) is 0.600. The van der Waals surface area contributed by atoms with Crippen molar-refractivity contribution in [2.75, 3.05) is 6.54 Å². The van der Waals surface area contributed by atoms with Crippen LogP contribution in [-0.4, -0.2) is 23.4 Å². The molecule has 3 nitrogen and oxygen atoms in total. The van der Waals surface area contributed by atoms with Crippen LogP contribution in [0.15, 0.2) is 6.20 Å². The number of rotatable bonds is 2. The van der Waals surface area contributed by atoms with Crippen LogP contribution in [0.3, 0.4) is 0 Å². The summed E-state index contributed by atoms with van der Waals surface area (Å²) in [6.45, 7) is 2.59. The molecule has 1 N–H and O–H groups in total. The largest absolute Gasteiger partial charge is 0.443 e. The number of ketones is 1. The van der Waals surface area contributed by atoms with Crippen molar-refractivity contribution in [1.29, 1.82) is 0 Å². The van der Waals surface area contributed by atoms with Crippen LogP contribution >= 0.6 is 11.3 Å². The van der Waals surface area contributed by atoms with E-state index in [-0.39, 0.29) is 22.6 Å². The maximum absolute atomic E-state index is 12.3. The standard InChI is InChI=1S/C10H11F3N2OS/c1-5-6(2-3-14-5)8(16)7-4-15-9(17-7)10(11,12)13/h4-6,14H,2-3H2,1H3. The number of Topliss-reactive ketones (excluding diaryl/α,β-unsaturated/α-hetero) is 1. The van der Waals surface area contributed by atoms with Gasteiger partial charge >= 0.3 is 6.18 Å². The van der Waals surface area contributed by atoms with Gasteiger partial charge in [-0.25, -0.2) is 4.98 Å². The van der Waals surface area contributed by atoms with Crippen LogP contribution < -0.4 is 5.32 Å². The first-order chi connectivity index (χ1) is 7.89. The quantitative estimate of drug-likeness (QED) is 0.834. The summed E-state index contributed by atoms with van der Waals surface area (Å²) in [5.74, 6) is -0.480. The molecule has 0 amide bonds. The highest BCUT2D eigenvalue weighted by molar-refractivity contribution is 7.13. The van der Waals surface area contributed by atoms with Crippen LogP contribution in [0.1, 0.15) is 28.0 Å². The number of hydrogen-bond donors (Lipinski definition) is 1. The minimum atomic E-state index is -4.47. The molecule has 17 heavy (non-hydrogen) atoms. The zero-order valence-corrected chi connectivity index (χ0v) is 9.86. The average molecular weight is 264 g/mol. The molecule has 0 spiro atoms. The molecule has 0 aliphatic carbocycles. The van der Waals surface area contributed by atoms with Crippen molar-refractivity contribution in [3.8, 4) is 0 Å². The average Bonchev–Trinajstić information content (AvgIpc) is 2.83. The Morgan fingerprint density at radius 1 is 1.59 bits per heavy atom. The Bertz CT molecular complexity index is 429. The van der Waals surface area contributed by atoms with Crippen molar-refractivity contribution < 1.29 is 18.0 Å². The van der Waals surface area contributed by atoms with Crippen molar-refractivity contribution in [1.82, 2.24) is 10.3 Å². The van der Waals surface area contributed by atoms with Crippen molar-refractivity contribution in [3.63, 3.8) is 0 Å². The first-order valence-corrected chi connectivity index (χ1v) is 6.02. The third-order valence-electron chi connectivity index (χ3n) is 2.85. The Labute approximate surface area is 100 Å². The second-order valence-corrected chi connectivity index (χ2v) is 5.06. The van der Waals surface area contributed by atoms with Crippen LogP contribution in [0.5, 0.6) is 0 Å². The van der Waals surface area contributed by atoms with Gasteiger partial charge in [0.15, 0.2) is 10.8 Å². The summed E-state index contributed by atoms with van der Waals surface area (Å²) in [4.78, 5) is 15.3. The van der Waals surface area contributed by atoms with E-state index < -0.39 is 11.2 Å². The van der Waals surface area contributed by atoms with Gasteiger partial charge in [0.1, 0.15) is 0 Å². The molecule has 1 aliphatic heterocycles. The van der Waals surface area contributed by atoms with E-state index in [1.807, 2.05) is 6.92 Å². The van der Waals surface area contributed by atoms with Crippen LogP contribution in [0.25, 0.3) is 0 Å². The SMILES string of the molecule is CC1NCCC1C(=O)c1cnc(C(F)(F)F)s1. The molecule has 2 unspecified atom stereocenters. The molecular weight excluding hydrogens is 253 g/mol. The van der Waals surface area contributed by atoms with Gasteiger partial charge in [0.2, 0.25) is 0 Å². The summed E-state index contributed by atoms with van der Waals surface area (Å²) in [7, 11) is 0. The number of hydrogen-bond acceptors (Lipinski definition) is 4. The van der Waals surface area contributed by atoms with Crippen molar-refractivity contribution >= 4 is 17.1 Å². The molecule has 1 aromatic heterocycles. The molecule has 1 fully saturated rings. The number of alkyl halides is 3. The number of carbonyl (C=O) groups excluding carboxylic acids is 1. The predicted octanol–water partition coefficient (Wildman–Crippen LogP) is 2.34. The van der Waals surface area contributed by atoms with Crippen molar-refractivity contribution in [3.05, 3.63) is 16.1 Å². The lowest BCUT2D eigenvalue weighted by Crippen LogP contribution is -2.27. The minimum absolute atomic E-state index is 0.0129. The summed E-state index contributed by atoms with van der Waals surface area (Å²) in [6.07, 6.45) is -2.77. The van der Waals surface area contributed by atoms with Gasteiger partial charge in [0, 0.05) is 18.2 Å². The number of carbonyl (C=O) groups is 1. The molecule has 1 aromatic rings. The van der Waals surface area contributed by atoms with E-state index in [2.05, 4.69) is 10.3 Å². The highest BCUT2D eigenvalue weighted by atomic mass is 32.1. The molecule has 2 atom stereocenters. The molecule has 1 saturated heterocycles. The highest BCUT2D eigenvalue weighted by Crippen LogP contribution is 2.34. The lowest BCUT2D eigenvalue weighted by Gasteiger charge is -2.11. The van der Waals surface area contributed by atoms with E-state index in [4.69, 9.17) is 0 Å². The van der Waals surface area contributed by atoms with E-state index in [0.29, 0.717) is 17.8 Å². The molecule has 2 heterocycles. The van der Waals surface area contributed by atoms with Gasteiger partial charge in [0.25, 0.3) is 0 Å². The fourth-order valence-corrected chi connectivity index (χ4v) is 2.71. The number of nitrogens with zero attached hydrogens (tertiary/aromatic N) is 1. The first kappa shape index (κ1) is 12.5. The maximum atomic E-state index is 12.3. The maximum Gasteiger partial charge on any atom is 0.443 e. The second-order valence-electron chi connectivity index (χ2n) is 4.03. The molecule has 0 radical (unpaired) electrons. The zero-order chi connectivity index (χ0) is 12.6. The number of halogens is 3. The smallest absolute Gasteiger partial charge is 0.313 e. The van der Waals surface area contributed by atoms with Crippen molar-refractivity contribution in [2.45, 2.75) is 25.6 Å². The van der Waals surface area contributed by atoms with Gasteiger partial charge in [-0.15, -0.1) is 11.3 Å². The lowest BCUT2D eigenvalue weighted by molar-refractivity contribution is -0.137. The molecule has 2 rings (SSSR count). The molecule has 94 valence electrons. The van der Waals surface area contributed by atoms with Gasteiger partial charge in [-0.3, -0.25) is 4.79 Å². The number of aromatic nitrogens is 1. The van der Waals surface area contributed by atoms with Gasteiger partial charge in [-0.2, -0.15) is 13.2 Å². The molecular formula is C10H11F3N2OS. The molecule has 0 saturated carbocycles. The van der Waals surface area contributed by atoms with E-state index in [1.54, 1.807) is 0 Å². The van der Waals surface area contributed by atoms with Crippen molar-refractivity contribution in [2.24, 2.45) is 5.92 Å². The zero-order valence-electron chi connectivity index (χ0n) is 9.04. The van der Waals surface area contributed by atoms with Gasteiger partial charge in [0.05, 0.1) is 4.88 Å². The minimum Gasteiger partial charge on any atom is -0.313 e. The van der Waals surface area contributed by atoms with Crippen LogP contribution in [-0.2, 0) is 6.18 Å².